The zero-order valence-corrected chi connectivity index (χ0v) is 27.6. The molecule has 1 aliphatic heterocycles. The second-order valence-electron chi connectivity index (χ2n) is 11.4. The first-order valence-corrected chi connectivity index (χ1v) is 18.0. The number of aliphatic hydroxyl groups excluding tert-OH is 1. The lowest BCUT2D eigenvalue weighted by Crippen LogP contribution is -2.31. The Morgan fingerprint density at radius 3 is 2.15 bits per heavy atom. The van der Waals surface area contributed by atoms with Crippen molar-refractivity contribution in [2.24, 2.45) is 0 Å². The van der Waals surface area contributed by atoms with Crippen LogP contribution in [0.4, 0.5) is 0 Å². The Bertz CT molecular complexity index is 1930. The molecular weight excluding hydrogens is 647 g/mol. The number of thioether (sulfide) groups is 1. The van der Waals surface area contributed by atoms with E-state index in [2.05, 4.69) is 4.72 Å². The van der Waals surface area contributed by atoms with Crippen molar-refractivity contribution in [3.8, 4) is 11.1 Å². The SMILES string of the molecule is O=C(O)c1ccc(SC[C@@H]2C[C@H](c3ccc(CO)cc3)O[C@H](c3ccc(-c4ccccc4CNS(=O)(=O)c4ccccc4)cc3)O2)cc1. The quantitative estimate of drug-likeness (QED) is 0.117. The third kappa shape index (κ3) is 8.22. The Kier molecular flexibility index (Phi) is 10.7. The minimum absolute atomic E-state index is 0.0359. The molecule has 10 heteroatoms. The van der Waals surface area contributed by atoms with Crippen LogP contribution in [0.5, 0.6) is 0 Å². The zero-order chi connectivity index (χ0) is 33.5. The summed E-state index contributed by atoms with van der Waals surface area (Å²) in [6.45, 7) is 0.102. The molecule has 1 aliphatic rings. The van der Waals surface area contributed by atoms with Crippen LogP contribution in [0.15, 0.2) is 137 Å². The van der Waals surface area contributed by atoms with E-state index < -0.39 is 22.3 Å². The first-order valence-electron chi connectivity index (χ1n) is 15.5. The van der Waals surface area contributed by atoms with Crippen molar-refractivity contribution in [2.75, 3.05) is 5.75 Å². The molecule has 246 valence electrons. The number of ether oxygens (including phenoxy) is 2. The number of aliphatic hydroxyl groups is 1. The third-order valence-electron chi connectivity index (χ3n) is 8.17. The van der Waals surface area contributed by atoms with E-state index in [1.54, 1.807) is 66.4 Å². The van der Waals surface area contributed by atoms with Crippen LogP contribution in [0.2, 0.25) is 0 Å². The van der Waals surface area contributed by atoms with Crippen LogP contribution >= 0.6 is 11.8 Å². The fourth-order valence-electron chi connectivity index (χ4n) is 5.54. The molecule has 6 rings (SSSR count). The van der Waals surface area contributed by atoms with Crippen LogP contribution in [0.25, 0.3) is 11.1 Å². The largest absolute Gasteiger partial charge is 0.478 e. The molecule has 3 N–H and O–H groups in total. The molecule has 0 aliphatic carbocycles. The highest BCUT2D eigenvalue weighted by molar-refractivity contribution is 7.99. The Balaban J connectivity index is 1.19. The van der Waals surface area contributed by atoms with Gasteiger partial charge in [0.05, 0.1) is 29.3 Å². The van der Waals surface area contributed by atoms with Gasteiger partial charge in [0.25, 0.3) is 0 Å². The van der Waals surface area contributed by atoms with Crippen LogP contribution in [0, 0.1) is 0 Å². The van der Waals surface area contributed by atoms with Crippen molar-refractivity contribution in [3.63, 3.8) is 0 Å². The average molecular weight is 682 g/mol. The molecule has 5 aromatic carbocycles. The van der Waals surface area contributed by atoms with E-state index in [1.165, 1.54) is 0 Å². The van der Waals surface area contributed by atoms with Crippen LogP contribution in [-0.4, -0.2) is 36.5 Å². The van der Waals surface area contributed by atoms with Gasteiger partial charge in [-0.15, -0.1) is 11.8 Å². The normalized spacial score (nSPS) is 18.0. The average Bonchev–Trinajstić information content (AvgIpc) is 3.14. The van der Waals surface area contributed by atoms with E-state index in [0.717, 1.165) is 38.3 Å². The van der Waals surface area contributed by atoms with Crippen molar-refractivity contribution >= 4 is 27.8 Å². The van der Waals surface area contributed by atoms with Gasteiger partial charge in [-0.3, -0.25) is 0 Å². The first kappa shape index (κ1) is 33.6. The number of rotatable bonds is 12. The molecule has 0 amide bonds. The number of nitrogens with one attached hydrogen (secondary N) is 1. The third-order valence-corrected chi connectivity index (χ3v) is 10.7. The van der Waals surface area contributed by atoms with Crippen LogP contribution in [-0.2, 0) is 32.6 Å². The molecule has 5 aromatic rings. The number of carboxylic acid groups (broad SMARTS) is 1. The summed E-state index contributed by atoms with van der Waals surface area (Å²) in [6.07, 6.45) is -0.411. The second-order valence-corrected chi connectivity index (χ2v) is 14.3. The number of hydrogen-bond acceptors (Lipinski definition) is 7. The summed E-state index contributed by atoms with van der Waals surface area (Å²) in [6, 6.07) is 38.4. The van der Waals surface area contributed by atoms with Gasteiger partial charge in [-0.1, -0.05) is 91.0 Å². The standard InChI is InChI=1S/C38H35NO7S2/c40-24-26-10-12-28(13-11-26)36-22-32(25-47-33-20-18-29(19-21-33)37(41)42)45-38(46-36)30-16-14-27(15-17-30)35-9-5-4-6-31(35)23-39-48(43,44)34-7-2-1-3-8-34/h1-21,32,36,38-40H,22-25H2,(H,41,42)/t32-,36+,38+/m0/s1. The van der Waals surface area contributed by atoms with E-state index in [4.69, 9.17) is 9.47 Å². The van der Waals surface area contributed by atoms with Gasteiger partial charge < -0.3 is 19.7 Å². The van der Waals surface area contributed by atoms with E-state index >= 15 is 0 Å². The molecule has 0 saturated carbocycles. The molecule has 48 heavy (non-hydrogen) atoms. The van der Waals surface area contributed by atoms with Crippen molar-refractivity contribution in [1.82, 2.24) is 4.72 Å². The fraction of sp³-hybridized carbons (Fsp3) is 0.184. The molecule has 1 fully saturated rings. The van der Waals surface area contributed by atoms with Crippen molar-refractivity contribution in [2.45, 2.75) is 47.9 Å². The number of carboxylic acids is 1. The summed E-state index contributed by atoms with van der Waals surface area (Å²) >= 11 is 1.60. The van der Waals surface area contributed by atoms with Gasteiger partial charge in [-0.25, -0.2) is 17.9 Å². The lowest BCUT2D eigenvalue weighted by molar-refractivity contribution is -0.245. The molecule has 0 bridgehead atoms. The van der Waals surface area contributed by atoms with Crippen LogP contribution < -0.4 is 4.72 Å². The lowest BCUT2D eigenvalue weighted by atomic mass is 9.98. The molecule has 0 unspecified atom stereocenters. The van der Waals surface area contributed by atoms with E-state index in [9.17, 15) is 23.4 Å². The minimum Gasteiger partial charge on any atom is -0.478 e. The highest BCUT2D eigenvalue weighted by atomic mass is 32.2. The van der Waals surface area contributed by atoms with E-state index in [0.29, 0.717) is 12.2 Å². The maximum absolute atomic E-state index is 12.9. The first-order chi connectivity index (χ1) is 23.3. The molecular formula is C38H35NO7S2. The number of hydrogen-bond donors (Lipinski definition) is 3. The number of sulfonamides is 1. The molecule has 1 heterocycles. The summed E-state index contributed by atoms with van der Waals surface area (Å²) in [4.78, 5) is 12.4. The van der Waals surface area contributed by atoms with Gasteiger partial charge in [-0.05, 0) is 64.2 Å². The number of benzene rings is 5. The summed E-state index contributed by atoms with van der Waals surface area (Å²) in [5, 5.41) is 18.7. The van der Waals surface area contributed by atoms with Crippen molar-refractivity contribution < 1.29 is 32.9 Å². The Morgan fingerprint density at radius 2 is 1.46 bits per heavy atom. The summed E-state index contributed by atoms with van der Waals surface area (Å²) < 4.78 is 41.4. The minimum atomic E-state index is -3.66. The van der Waals surface area contributed by atoms with Gasteiger partial charge in [0, 0.05) is 29.2 Å². The maximum atomic E-state index is 12.9. The Hall–Kier alpha value is -4.29. The molecule has 1 saturated heterocycles. The highest BCUT2D eigenvalue weighted by Gasteiger charge is 2.32. The monoisotopic (exact) mass is 681 g/mol. The summed E-state index contributed by atoms with van der Waals surface area (Å²) in [5.74, 6) is -0.318. The van der Waals surface area contributed by atoms with E-state index in [-0.39, 0.29) is 35.8 Å². The lowest BCUT2D eigenvalue weighted by Gasteiger charge is -2.36. The molecule has 8 nitrogen and oxygen atoms in total. The summed E-state index contributed by atoms with van der Waals surface area (Å²) in [5.41, 5.74) is 5.58. The topological polar surface area (TPSA) is 122 Å². The number of aromatic carboxylic acids is 1. The smallest absolute Gasteiger partial charge is 0.335 e. The molecule has 0 radical (unpaired) electrons. The maximum Gasteiger partial charge on any atom is 0.335 e. The van der Waals surface area contributed by atoms with Crippen molar-refractivity contribution in [3.05, 3.63) is 155 Å². The van der Waals surface area contributed by atoms with Crippen LogP contribution in [0.1, 0.15) is 51.4 Å². The highest BCUT2D eigenvalue weighted by Crippen LogP contribution is 2.40. The van der Waals surface area contributed by atoms with Gasteiger partial charge in [0.15, 0.2) is 6.29 Å². The van der Waals surface area contributed by atoms with Gasteiger partial charge in [-0.2, -0.15) is 0 Å². The molecule has 0 aromatic heterocycles. The number of carbonyl (C=O) groups is 1. The van der Waals surface area contributed by atoms with Crippen molar-refractivity contribution in [1.29, 1.82) is 0 Å². The Labute approximate surface area is 284 Å². The fourth-order valence-corrected chi connectivity index (χ4v) is 7.49. The summed E-state index contributed by atoms with van der Waals surface area (Å²) in [7, 11) is -3.66. The zero-order valence-electron chi connectivity index (χ0n) is 25.9. The predicted octanol–water partition coefficient (Wildman–Crippen LogP) is 7.36. The van der Waals surface area contributed by atoms with Gasteiger partial charge in [0.1, 0.15) is 0 Å². The molecule has 0 spiro atoms. The predicted molar refractivity (Wildman–Crippen MR) is 185 cm³/mol. The molecule has 3 atom stereocenters. The van der Waals surface area contributed by atoms with Crippen LogP contribution in [0.3, 0.4) is 0 Å². The Morgan fingerprint density at radius 1 is 0.792 bits per heavy atom. The van der Waals surface area contributed by atoms with E-state index in [1.807, 2.05) is 72.8 Å². The van der Waals surface area contributed by atoms with Gasteiger partial charge in [0.2, 0.25) is 10.0 Å². The van der Waals surface area contributed by atoms with Gasteiger partial charge >= 0.3 is 5.97 Å². The second kappa shape index (κ2) is 15.3.